The van der Waals surface area contributed by atoms with Crippen molar-refractivity contribution in [3.8, 4) is 0 Å². The average Bonchev–Trinajstić information content (AvgIpc) is 3.17. The molecule has 0 bridgehead atoms. The summed E-state index contributed by atoms with van der Waals surface area (Å²) < 4.78 is 55.5. The van der Waals surface area contributed by atoms with Crippen LogP contribution in [-0.4, -0.2) is 112 Å². The minimum Gasteiger partial charge on any atom is -0.374 e. The third-order valence-electron chi connectivity index (χ3n) is 8.75. The van der Waals surface area contributed by atoms with Crippen LogP contribution in [0.3, 0.4) is 0 Å². The standard InChI is InChI=1S/C33H72O9S12Si3/c1-12-34-55(35-13-2,36-14-3)28-24-27-43-49-54-48-33(11,32(10)25-22-21-23-26-32)31(46-52-50-44-29-56(37-15-4,38-16-5)39-17-6)47-53-51-45-30-57(40-18-7,41-19-8)42-20-9/h31H,12-30H2,1-11H3. The fourth-order valence-electron chi connectivity index (χ4n) is 6.09. The van der Waals surface area contributed by atoms with Crippen molar-refractivity contribution < 1.29 is 39.8 Å². The second-order valence-electron chi connectivity index (χ2n) is 12.6. The number of hydrogen-bond donors (Lipinski definition) is 0. The molecule has 1 aliphatic carbocycles. The monoisotopic (exact) mass is 1080 g/mol. The number of rotatable bonds is 40. The Kier molecular flexibility index (Phi) is 37.2. The van der Waals surface area contributed by atoms with Crippen LogP contribution in [0.4, 0.5) is 0 Å². The highest BCUT2D eigenvalue weighted by atomic mass is 33.7. The Bertz CT molecular complexity index is 892. The Morgan fingerprint density at radius 1 is 0.491 bits per heavy atom. The van der Waals surface area contributed by atoms with Crippen LogP contribution in [0.15, 0.2) is 0 Å². The molecule has 0 saturated heterocycles. The van der Waals surface area contributed by atoms with Gasteiger partial charge >= 0.3 is 26.4 Å². The van der Waals surface area contributed by atoms with E-state index in [1.165, 1.54) is 32.1 Å². The van der Waals surface area contributed by atoms with Crippen molar-refractivity contribution in [2.24, 2.45) is 5.41 Å². The third-order valence-corrected chi connectivity index (χ3v) is 42.6. The Morgan fingerprint density at radius 3 is 1.25 bits per heavy atom. The van der Waals surface area contributed by atoms with Gasteiger partial charge in [0, 0.05) is 71.3 Å². The molecule has 0 aromatic heterocycles. The highest BCUT2D eigenvalue weighted by Gasteiger charge is 2.52. The van der Waals surface area contributed by atoms with Crippen LogP contribution in [-0.2, 0) is 39.8 Å². The van der Waals surface area contributed by atoms with E-state index in [-0.39, 0.29) is 10.2 Å². The van der Waals surface area contributed by atoms with Gasteiger partial charge in [-0.15, -0.1) is 0 Å². The Balaban J connectivity index is 3.13. The van der Waals surface area contributed by atoms with E-state index in [0.717, 1.165) is 29.0 Å². The van der Waals surface area contributed by atoms with Crippen LogP contribution >= 0.6 is 124 Å². The van der Waals surface area contributed by atoms with E-state index < -0.39 is 26.4 Å². The summed E-state index contributed by atoms with van der Waals surface area (Å²) in [5.74, 6) is 1.03. The molecule has 57 heavy (non-hydrogen) atoms. The number of hydrogen-bond acceptors (Lipinski definition) is 21. The molecule has 342 valence electrons. The maximum atomic E-state index is 6.14. The molecule has 1 rings (SSSR count). The van der Waals surface area contributed by atoms with Crippen molar-refractivity contribution in [1.82, 2.24) is 0 Å². The summed E-state index contributed by atoms with van der Waals surface area (Å²) >= 11 is 0. The summed E-state index contributed by atoms with van der Waals surface area (Å²) in [6.45, 7) is 28.7. The molecule has 0 heterocycles. The van der Waals surface area contributed by atoms with Gasteiger partial charge in [-0.1, -0.05) is 90.9 Å². The van der Waals surface area contributed by atoms with Gasteiger partial charge in [-0.05, 0) is 153 Å². The fourth-order valence-corrected chi connectivity index (χ4v) is 43.1. The summed E-state index contributed by atoms with van der Waals surface area (Å²) in [6.07, 6.45) is 7.42. The van der Waals surface area contributed by atoms with E-state index in [0.29, 0.717) is 64.0 Å². The van der Waals surface area contributed by atoms with Crippen LogP contribution < -0.4 is 0 Å². The van der Waals surface area contributed by atoms with E-state index in [1.54, 1.807) is 21.6 Å². The zero-order valence-corrected chi connectivity index (χ0v) is 48.9. The molecule has 0 aromatic rings. The van der Waals surface area contributed by atoms with Gasteiger partial charge in [0.2, 0.25) is 0 Å². The SMILES string of the molecule is CCO[Si](CCCSSSSC(C)(C(SSSSC[Si](OCC)(OCC)OCC)SSSSC[Si](OCC)(OCC)OCC)C1(C)CCCCC1)(OCC)OCC. The molecular weight excluding hydrogens is 1010 g/mol. The van der Waals surface area contributed by atoms with E-state index in [2.05, 4.69) is 24.6 Å². The van der Waals surface area contributed by atoms with Crippen molar-refractivity contribution in [2.45, 2.75) is 130 Å². The quantitative estimate of drug-likeness (QED) is 0.0252. The lowest BCUT2D eigenvalue weighted by Crippen LogP contribution is -2.49. The highest BCUT2D eigenvalue weighted by molar-refractivity contribution is 9.29. The van der Waals surface area contributed by atoms with E-state index >= 15 is 0 Å². The first-order valence-electron chi connectivity index (χ1n) is 20.1. The van der Waals surface area contributed by atoms with E-state index in [4.69, 9.17) is 39.8 Å². The van der Waals surface area contributed by atoms with Crippen molar-refractivity contribution >= 4 is 150 Å². The fraction of sp³-hybridized carbons (Fsp3) is 1.00. The average molecular weight is 1080 g/mol. The largest absolute Gasteiger partial charge is 0.512 e. The van der Waals surface area contributed by atoms with Gasteiger partial charge in [-0.25, -0.2) is 0 Å². The van der Waals surface area contributed by atoms with Crippen LogP contribution in [0.2, 0.25) is 6.04 Å². The normalized spacial score (nSPS) is 16.4. The molecule has 0 aromatic carbocycles. The third kappa shape index (κ3) is 22.7. The maximum Gasteiger partial charge on any atom is 0.512 e. The van der Waals surface area contributed by atoms with E-state index in [1.807, 2.05) is 154 Å². The Hall–Kier alpha value is 4.49. The van der Waals surface area contributed by atoms with Gasteiger partial charge < -0.3 is 39.8 Å². The first-order valence-corrected chi connectivity index (χ1v) is 41.0. The minimum absolute atomic E-state index is 0.000649. The van der Waals surface area contributed by atoms with Crippen molar-refractivity contribution in [1.29, 1.82) is 0 Å². The smallest absolute Gasteiger partial charge is 0.374 e. The predicted molar refractivity (Wildman–Crippen MR) is 280 cm³/mol. The lowest BCUT2D eigenvalue weighted by atomic mass is 9.68. The van der Waals surface area contributed by atoms with Crippen molar-refractivity contribution in [2.75, 3.05) is 76.0 Å². The molecule has 0 aliphatic heterocycles. The summed E-state index contributed by atoms with van der Waals surface area (Å²) in [5, 5.41) is 1.45. The first kappa shape index (κ1) is 59.5. The molecule has 0 spiro atoms. The van der Waals surface area contributed by atoms with Gasteiger partial charge in [0.15, 0.2) is 0 Å². The van der Waals surface area contributed by atoms with Gasteiger partial charge in [0.05, 0.1) is 20.1 Å². The molecule has 24 heteroatoms. The van der Waals surface area contributed by atoms with Crippen LogP contribution in [0.25, 0.3) is 0 Å². The van der Waals surface area contributed by atoms with Crippen LogP contribution in [0.1, 0.15) is 115 Å². The molecule has 1 saturated carbocycles. The summed E-state index contributed by atoms with van der Waals surface area (Å²) in [6, 6.07) is 0.853. The molecular formula is C33H72O9S12Si3. The summed E-state index contributed by atoms with van der Waals surface area (Å²) in [5.41, 5.74) is 0.204. The van der Waals surface area contributed by atoms with Gasteiger partial charge in [0.1, 0.15) is 0 Å². The summed E-state index contributed by atoms with van der Waals surface area (Å²) in [7, 11) is 14.8. The predicted octanol–water partition coefficient (Wildman–Crippen LogP) is 14.7. The maximum absolute atomic E-state index is 6.14. The van der Waals surface area contributed by atoms with Crippen LogP contribution in [0, 0.1) is 5.41 Å². The lowest BCUT2D eigenvalue weighted by molar-refractivity contribution is 0.0710. The summed E-state index contributed by atoms with van der Waals surface area (Å²) in [4.78, 5) is 0. The van der Waals surface area contributed by atoms with Gasteiger partial charge in [-0.3, -0.25) is 0 Å². The van der Waals surface area contributed by atoms with Gasteiger partial charge in [-0.2, -0.15) is 0 Å². The Morgan fingerprint density at radius 2 is 0.860 bits per heavy atom. The second kappa shape index (κ2) is 35.7. The molecule has 0 radical (unpaired) electrons. The molecule has 1 atom stereocenters. The first-order chi connectivity index (χ1) is 27.5. The molecule has 9 nitrogen and oxygen atoms in total. The molecule has 0 amide bonds. The minimum atomic E-state index is -2.72. The topological polar surface area (TPSA) is 83.1 Å². The molecule has 1 aliphatic rings. The van der Waals surface area contributed by atoms with Gasteiger partial charge in [0.25, 0.3) is 0 Å². The highest BCUT2D eigenvalue weighted by Crippen LogP contribution is 2.67. The van der Waals surface area contributed by atoms with Crippen molar-refractivity contribution in [3.05, 3.63) is 0 Å². The molecule has 1 fully saturated rings. The zero-order chi connectivity index (χ0) is 42.4. The molecule has 0 N–H and O–H groups in total. The van der Waals surface area contributed by atoms with E-state index in [9.17, 15) is 0 Å². The van der Waals surface area contributed by atoms with Crippen LogP contribution in [0.5, 0.6) is 0 Å². The Labute approximate surface area is 397 Å². The molecule has 1 unspecified atom stereocenters. The second-order valence-corrected chi connectivity index (χ2v) is 40.3. The lowest BCUT2D eigenvalue weighted by Gasteiger charge is -2.51. The van der Waals surface area contributed by atoms with Crippen molar-refractivity contribution in [3.63, 3.8) is 0 Å². The zero-order valence-electron chi connectivity index (χ0n) is 36.1.